The number of nitrogens with zero attached hydrogens (tertiary/aromatic N) is 1. The lowest BCUT2D eigenvalue weighted by atomic mass is 10.5. The molecule has 0 radical (unpaired) electrons. The molecule has 1 aromatic rings. The van der Waals surface area contributed by atoms with Gasteiger partial charge in [-0.3, -0.25) is 4.79 Å². The molecule has 11 heavy (non-hydrogen) atoms. The van der Waals surface area contributed by atoms with Crippen LogP contribution in [0.1, 0.15) is 6.92 Å². The first-order valence-electron chi connectivity index (χ1n) is 2.99. The summed E-state index contributed by atoms with van der Waals surface area (Å²) in [5.74, 6) is -0.0654. The van der Waals surface area contributed by atoms with Gasteiger partial charge >= 0.3 is 5.97 Å². The summed E-state index contributed by atoms with van der Waals surface area (Å²) in [6.07, 6.45) is 1.56. The zero-order valence-electron chi connectivity index (χ0n) is 5.87. The van der Waals surface area contributed by atoms with Crippen molar-refractivity contribution in [1.82, 2.24) is 4.98 Å². The Hall–Kier alpha value is -0.900. The maximum atomic E-state index is 10.5. The van der Waals surface area contributed by atoms with Crippen molar-refractivity contribution in [1.29, 1.82) is 0 Å². The van der Waals surface area contributed by atoms with E-state index in [4.69, 9.17) is 4.74 Å². The summed E-state index contributed by atoms with van der Waals surface area (Å²) in [5, 5.41) is 0. The fraction of sp³-hybridized carbons (Fsp3) is 0.143. The number of halogens is 1. The number of aromatic nitrogens is 1. The third-order valence-electron chi connectivity index (χ3n) is 0.965. The third kappa shape index (κ3) is 2.31. The highest BCUT2D eigenvalue weighted by molar-refractivity contribution is 9.10. The molecule has 0 aliphatic rings. The second kappa shape index (κ2) is 3.48. The van der Waals surface area contributed by atoms with Gasteiger partial charge in [-0.1, -0.05) is 0 Å². The number of hydrogen-bond donors (Lipinski definition) is 0. The van der Waals surface area contributed by atoms with Gasteiger partial charge in [0.1, 0.15) is 0 Å². The number of ether oxygens (including phenoxy) is 1. The lowest BCUT2D eigenvalue weighted by Gasteiger charge is -1.99. The molecule has 1 heterocycles. The minimum atomic E-state index is -0.371. The van der Waals surface area contributed by atoms with E-state index in [-0.39, 0.29) is 5.97 Å². The lowest BCUT2D eigenvalue weighted by molar-refractivity contribution is -0.132. The van der Waals surface area contributed by atoms with Crippen molar-refractivity contribution in [3.8, 4) is 5.88 Å². The molecule has 0 aliphatic carbocycles. The average molecular weight is 216 g/mol. The van der Waals surface area contributed by atoms with E-state index in [1.165, 1.54) is 6.92 Å². The van der Waals surface area contributed by atoms with Gasteiger partial charge in [0.15, 0.2) is 0 Å². The molecular formula is C7H6BrNO2. The molecule has 0 aromatic carbocycles. The third-order valence-corrected chi connectivity index (χ3v) is 1.57. The Kier molecular flexibility index (Phi) is 2.59. The topological polar surface area (TPSA) is 39.2 Å². The van der Waals surface area contributed by atoms with Gasteiger partial charge in [-0.15, -0.1) is 0 Å². The van der Waals surface area contributed by atoms with E-state index in [0.717, 1.165) is 0 Å². The summed E-state index contributed by atoms with van der Waals surface area (Å²) < 4.78 is 5.42. The monoisotopic (exact) mass is 215 g/mol. The Morgan fingerprint density at radius 2 is 2.45 bits per heavy atom. The van der Waals surface area contributed by atoms with Crippen LogP contribution in [-0.2, 0) is 4.79 Å². The zero-order valence-corrected chi connectivity index (χ0v) is 7.46. The normalized spacial score (nSPS) is 9.27. The Balaban J connectivity index is 2.86. The van der Waals surface area contributed by atoms with Crippen molar-refractivity contribution >= 4 is 21.9 Å². The summed E-state index contributed by atoms with van der Waals surface area (Å²) in [5.41, 5.74) is 0. The molecule has 0 saturated carbocycles. The summed E-state index contributed by atoms with van der Waals surface area (Å²) >= 11 is 3.19. The largest absolute Gasteiger partial charge is 0.406 e. The van der Waals surface area contributed by atoms with Crippen LogP contribution >= 0.6 is 15.9 Å². The Labute approximate surface area is 72.5 Å². The predicted octanol–water partition coefficient (Wildman–Crippen LogP) is 1.77. The molecule has 0 aliphatic heterocycles. The predicted molar refractivity (Wildman–Crippen MR) is 43.2 cm³/mol. The van der Waals surface area contributed by atoms with Crippen LogP contribution in [0.15, 0.2) is 22.8 Å². The smallest absolute Gasteiger partial charge is 0.309 e. The van der Waals surface area contributed by atoms with E-state index >= 15 is 0 Å². The molecule has 58 valence electrons. The Morgan fingerprint density at radius 3 is 3.00 bits per heavy atom. The maximum Gasteiger partial charge on any atom is 0.309 e. The second-order valence-electron chi connectivity index (χ2n) is 1.88. The van der Waals surface area contributed by atoms with Gasteiger partial charge in [-0.25, -0.2) is 4.98 Å². The zero-order chi connectivity index (χ0) is 8.27. The number of esters is 1. The molecule has 0 bridgehead atoms. The standard InChI is InChI=1S/C7H6BrNO2/c1-5(10)11-7-6(8)3-2-4-9-7/h2-4H,1H3. The molecule has 0 unspecified atom stereocenters. The Morgan fingerprint density at radius 1 is 1.73 bits per heavy atom. The van der Waals surface area contributed by atoms with Gasteiger partial charge in [0, 0.05) is 13.1 Å². The quantitative estimate of drug-likeness (QED) is 0.671. The summed E-state index contributed by atoms with van der Waals surface area (Å²) in [4.78, 5) is 14.3. The average Bonchev–Trinajstić information content (AvgIpc) is 1.93. The molecule has 3 nitrogen and oxygen atoms in total. The fourth-order valence-corrected chi connectivity index (χ4v) is 0.918. The second-order valence-corrected chi connectivity index (χ2v) is 2.74. The SMILES string of the molecule is CC(=O)Oc1ncccc1Br. The van der Waals surface area contributed by atoms with Gasteiger partial charge < -0.3 is 4.74 Å². The summed E-state index contributed by atoms with van der Waals surface area (Å²) in [6, 6.07) is 3.50. The van der Waals surface area contributed by atoms with Crippen LogP contribution in [0.2, 0.25) is 0 Å². The fourth-order valence-electron chi connectivity index (χ4n) is 0.582. The highest BCUT2D eigenvalue weighted by atomic mass is 79.9. The van der Waals surface area contributed by atoms with Crippen molar-refractivity contribution in [3.63, 3.8) is 0 Å². The van der Waals surface area contributed by atoms with Gasteiger partial charge in [0.05, 0.1) is 4.47 Å². The van der Waals surface area contributed by atoms with E-state index in [2.05, 4.69) is 20.9 Å². The summed E-state index contributed by atoms with van der Waals surface area (Å²) in [7, 11) is 0. The van der Waals surface area contributed by atoms with Crippen LogP contribution in [0.3, 0.4) is 0 Å². The summed E-state index contributed by atoms with van der Waals surface area (Å²) in [6.45, 7) is 1.33. The van der Waals surface area contributed by atoms with E-state index < -0.39 is 0 Å². The minimum absolute atomic E-state index is 0.306. The van der Waals surface area contributed by atoms with E-state index in [9.17, 15) is 4.79 Å². The van der Waals surface area contributed by atoms with Crippen LogP contribution < -0.4 is 4.74 Å². The molecule has 1 aromatic heterocycles. The van der Waals surface area contributed by atoms with E-state index in [1.807, 2.05) is 0 Å². The van der Waals surface area contributed by atoms with Gasteiger partial charge in [-0.05, 0) is 28.1 Å². The van der Waals surface area contributed by atoms with Gasteiger partial charge in [0.25, 0.3) is 0 Å². The van der Waals surface area contributed by atoms with Crippen LogP contribution in [0.25, 0.3) is 0 Å². The number of hydrogen-bond acceptors (Lipinski definition) is 3. The highest BCUT2D eigenvalue weighted by Crippen LogP contribution is 2.20. The highest BCUT2D eigenvalue weighted by Gasteiger charge is 2.02. The van der Waals surface area contributed by atoms with Crippen molar-refractivity contribution in [2.24, 2.45) is 0 Å². The lowest BCUT2D eigenvalue weighted by Crippen LogP contribution is -2.03. The number of pyridine rings is 1. The molecule has 0 saturated heterocycles. The van der Waals surface area contributed by atoms with Crippen LogP contribution in [-0.4, -0.2) is 11.0 Å². The Bertz CT molecular complexity index is 275. The van der Waals surface area contributed by atoms with Gasteiger partial charge in [0.2, 0.25) is 5.88 Å². The molecule has 1 rings (SSSR count). The van der Waals surface area contributed by atoms with Gasteiger partial charge in [-0.2, -0.15) is 0 Å². The molecular weight excluding hydrogens is 210 g/mol. The molecule has 0 atom stereocenters. The number of rotatable bonds is 1. The van der Waals surface area contributed by atoms with Crippen LogP contribution in [0, 0.1) is 0 Å². The van der Waals surface area contributed by atoms with Crippen LogP contribution in [0.5, 0.6) is 5.88 Å². The molecule has 0 N–H and O–H groups in total. The van der Waals surface area contributed by atoms with E-state index in [1.54, 1.807) is 18.3 Å². The number of carbonyl (C=O) groups is 1. The van der Waals surface area contributed by atoms with Crippen LogP contribution in [0.4, 0.5) is 0 Å². The first kappa shape index (κ1) is 8.20. The molecule has 0 spiro atoms. The van der Waals surface area contributed by atoms with Crippen molar-refractivity contribution < 1.29 is 9.53 Å². The maximum absolute atomic E-state index is 10.5. The van der Waals surface area contributed by atoms with E-state index in [0.29, 0.717) is 10.4 Å². The van der Waals surface area contributed by atoms with Crippen molar-refractivity contribution in [2.75, 3.05) is 0 Å². The van der Waals surface area contributed by atoms with Crippen molar-refractivity contribution in [2.45, 2.75) is 6.92 Å². The number of carbonyl (C=O) groups excluding carboxylic acids is 1. The first-order valence-corrected chi connectivity index (χ1v) is 3.78. The van der Waals surface area contributed by atoms with Crippen molar-refractivity contribution in [3.05, 3.63) is 22.8 Å². The minimum Gasteiger partial charge on any atom is -0.406 e. The molecule has 4 heteroatoms. The molecule has 0 amide bonds. The first-order chi connectivity index (χ1) is 5.20. The molecule has 0 fully saturated rings.